The molecule has 2 rings (SSSR count). The number of likely N-dealkylation sites (N-methyl/N-ethyl adjacent to an activating group) is 1. The van der Waals surface area contributed by atoms with E-state index < -0.39 is 0 Å². The Morgan fingerprint density at radius 3 is 2.74 bits per heavy atom. The van der Waals surface area contributed by atoms with Crippen molar-refractivity contribution in [2.24, 2.45) is 5.73 Å². The molecule has 3 nitrogen and oxygen atoms in total. The van der Waals surface area contributed by atoms with Gasteiger partial charge < -0.3 is 15.4 Å². The lowest BCUT2D eigenvalue weighted by atomic mass is 9.94. The number of ether oxygens (including phenoxy) is 1. The minimum absolute atomic E-state index is 0.0574. The van der Waals surface area contributed by atoms with Crippen LogP contribution < -0.4 is 10.5 Å². The van der Waals surface area contributed by atoms with Gasteiger partial charge >= 0.3 is 0 Å². The van der Waals surface area contributed by atoms with E-state index in [1.165, 1.54) is 32.1 Å². The van der Waals surface area contributed by atoms with Crippen molar-refractivity contribution in [2.75, 3.05) is 20.7 Å². The molecule has 106 valence electrons. The molecule has 2 N–H and O–H groups in total. The average molecular weight is 262 g/mol. The largest absolute Gasteiger partial charge is 0.497 e. The first-order valence-corrected chi connectivity index (χ1v) is 7.30. The Kier molecular flexibility index (Phi) is 5.23. The maximum absolute atomic E-state index is 6.33. The fourth-order valence-corrected chi connectivity index (χ4v) is 2.96. The fraction of sp³-hybridized carbons (Fsp3) is 0.625. The first kappa shape index (κ1) is 14.4. The predicted octanol–water partition coefficient (Wildman–Crippen LogP) is 2.96. The molecule has 1 saturated carbocycles. The van der Waals surface area contributed by atoms with Gasteiger partial charge in [-0.05, 0) is 37.6 Å². The zero-order valence-corrected chi connectivity index (χ0v) is 12.1. The predicted molar refractivity (Wildman–Crippen MR) is 79.4 cm³/mol. The number of hydrogen-bond acceptors (Lipinski definition) is 3. The summed E-state index contributed by atoms with van der Waals surface area (Å²) in [6, 6.07) is 8.86. The van der Waals surface area contributed by atoms with Gasteiger partial charge in [0.2, 0.25) is 0 Å². The number of hydrogen-bond donors (Lipinski definition) is 1. The van der Waals surface area contributed by atoms with E-state index in [4.69, 9.17) is 10.5 Å². The van der Waals surface area contributed by atoms with Crippen LogP contribution in [0, 0.1) is 0 Å². The Morgan fingerprint density at radius 2 is 2.05 bits per heavy atom. The molecule has 0 aromatic heterocycles. The third kappa shape index (κ3) is 3.95. The van der Waals surface area contributed by atoms with E-state index in [9.17, 15) is 0 Å². The van der Waals surface area contributed by atoms with Gasteiger partial charge in [0, 0.05) is 18.6 Å². The molecule has 0 amide bonds. The Bertz CT molecular complexity index is 388. The molecule has 0 heterocycles. The molecule has 1 aromatic carbocycles. The van der Waals surface area contributed by atoms with Crippen molar-refractivity contribution in [1.82, 2.24) is 4.90 Å². The third-order valence-corrected chi connectivity index (χ3v) is 4.20. The molecule has 1 atom stereocenters. The Balaban J connectivity index is 1.93. The number of benzene rings is 1. The zero-order valence-electron chi connectivity index (χ0n) is 12.1. The molecule has 0 bridgehead atoms. The Labute approximate surface area is 116 Å². The molecule has 0 saturated heterocycles. The summed E-state index contributed by atoms with van der Waals surface area (Å²) < 4.78 is 5.26. The molecule has 0 spiro atoms. The van der Waals surface area contributed by atoms with E-state index in [2.05, 4.69) is 18.0 Å². The molecular weight excluding hydrogens is 236 g/mol. The van der Waals surface area contributed by atoms with Gasteiger partial charge in [-0.15, -0.1) is 0 Å². The highest BCUT2D eigenvalue weighted by Gasteiger charge is 2.20. The summed E-state index contributed by atoms with van der Waals surface area (Å²) in [5, 5.41) is 0. The molecule has 1 aromatic rings. The topological polar surface area (TPSA) is 38.5 Å². The van der Waals surface area contributed by atoms with Crippen LogP contribution in [0.25, 0.3) is 0 Å². The summed E-state index contributed by atoms with van der Waals surface area (Å²) in [5.41, 5.74) is 7.48. The number of nitrogens with zero attached hydrogens (tertiary/aromatic N) is 1. The minimum Gasteiger partial charge on any atom is -0.497 e. The Morgan fingerprint density at radius 1 is 1.32 bits per heavy atom. The smallest absolute Gasteiger partial charge is 0.119 e. The first-order chi connectivity index (χ1) is 9.20. The fourth-order valence-electron chi connectivity index (χ4n) is 2.96. The lowest BCUT2D eigenvalue weighted by molar-refractivity contribution is 0.182. The van der Waals surface area contributed by atoms with Crippen LogP contribution >= 0.6 is 0 Å². The summed E-state index contributed by atoms with van der Waals surface area (Å²) >= 11 is 0. The summed E-state index contributed by atoms with van der Waals surface area (Å²) in [6.07, 6.45) is 6.77. The maximum Gasteiger partial charge on any atom is 0.119 e. The van der Waals surface area contributed by atoms with Gasteiger partial charge in [-0.3, -0.25) is 0 Å². The number of rotatable bonds is 5. The van der Waals surface area contributed by atoms with Gasteiger partial charge in [0.25, 0.3) is 0 Å². The van der Waals surface area contributed by atoms with Gasteiger partial charge in [0.1, 0.15) is 5.75 Å². The lowest BCUT2D eigenvalue weighted by Gasteiger charge is -2.33. The van der Waals surface area contributed by atoms with Crippen LogP contribution in [0.2, 0.25) is 0 Å². The molecule has 1 aliphatic carbocycles. The Hall–Kier alpha value is -1.06. The van der Waals surface area contributed by atoms with Crippen LogP contribution in [0.15, 0.2) is 24.3 Å². The zero-order chi connectivity index (χ0) is 13.7. The normalized spacial score (nSPS) is 18.5. The van der Waals surface area contributed by atoms with E-state index in [1.807, 2.05) is 18.2 Å². The van der Waals surface area contributed by atoms with Crippen molar-refractivity contribution >= 4 is 0 Å². The van der Waals surface area contributed by atoms with Crippen molar-refractivity contribution in [3.63, 3.8) is 0 Å². The molecule has 0 aliphatic heterocycles. The molecule has 1 fully saturated rings. The van der Waals surface area contributed by atoms with Crippen molar-refractivity contribution in [3.05, 3.63) is 29.8 Å². The minimum atomic E-state index is 0.0574. The van der Waals surface area contributed by atoms with E-state index in [0.717, 1.165) is 17.9 Å². The second kappa shape index (κ2) is 6.92. The van der Waals surface area contributed by atoms with Gasteiger partial charge in [-0.1, -0.05) is 31.4 Å². The van der Waals surface area contributed by atoms with Crippen molar-refractivity contribution in [2.45, 2.75) is 44.2 Å². The molecule has 1 aliphatic rings. The first-order valence-electron chi connectivity index (χ1n) is 7.30. The van der Waals surface area contributed by atoms with Crippen molar-refractivity contribution < 1.29 is 4.74 Å². The summed E-state index contributed by atoms with van der Waals surface area (Å²) in [4.78, 5) is 2.43. The third-order valence-electron chi connectivity index (χ3n) is 4.20. The van der Waals surface area contributed by atoms with E-state index in [0.29, 0.717) is 6.04 Å². The van der Waals surface area contributed by atoms with Gasteiger partial charge in [-0.2, -0.15) is 0 Å². The summed E-state index contributed by atoms with van der Waals surface area (Å²) in [7, 11) is 3.90. The monoisotopic (exact) mass is 262 g/mol. The SMILES string of the molecule is COc1cccc(C(N)CN(C)C2CCCCC2)c1. The second-order valence-electron chi connectivity index (χ2n) is 5.61. The highest BCUT2D eigenvalue weighted by molar-refractivity contribution is 5.30. The van der Waals surface area contributed by atoms with E-state index in [1.54, 1.807) is 7.11 Å². The second-order valence-corrected chi connectivity index (χ2v) is 5.61. The van der Waals surface area contributed by atoms with Crippen molar-refractivity contribution in [1.29, 1.82) is 0 Å². The van der Waals surface area contributed by atoms with Gasteiger partial charge in [0.05, 0.1) is 7.11 Å². The van der Waals surface area contributed by atoms with Crippen molar-refractivity contribution in [3.8, 4) is 5.75 Å². The highest BCUT2D eigenvalue weighted by Crippen LogP contribution is 2.24. The molecule has 19 heavy (non-hydrogen) atoms. The lowest BCUT2D eigenvalue weighted by Crippen LogP contribution is -2.38. The molecule has 0 radical (unpaired) electrons. The molecule has 1 unspecified atom stereocenters. The molecule has 3 heteroatoms. The van der Waals surface area contributed by atoms with Crippen LogP contribution in [0.3, 0.4) is 0 Å². The summed E-state index contributed by atoms with van der Waals surface area (Å²) in [5.74, 6) is 0.883. The van der Waals surface area contributed by atoms with E-state index >= 15 is 0 Å². The summed E-state index contributed by atoms with van der Waals surface area (Å²) in [6.45, 7) is 0.915. The average Bonchev–Trinajstić information content (AvgIpc) is 2.48. The molecular formula is C16H26N2O. The van der Waals surface area contributed by atoms with Crippen LogP contribution in [0.4, 0.5) is 0 Å². The standard InChI is InChI=1S/C16H26N2O/c1-18(14-8-4-3-5-9-14)12-16(17)13-7-6-10-15(11-13)19-2/h6-7,10-11,14,16H,3-5,8-9,12,17H2,1-2H3. The quantitative estimate of drug-likeness (QED) is 0.886. The van der Waals surface area contributed by atoms with Gasteiger partial charge in [-0.25, -0.2) is 0 Å². The van der Waals surface area contributed by atoms with Crippen LogP contribution in [0.1, 0.15) is 43.7 Å². The highest BCUT2D eigenvalue weighted by atomic mass is 16.5. The van der Waals surface area contributed by atoms with Gasteiger partial charge in [0.15, 0.2) is 0 Å². The number of nitrogens with two attached hydrogens (primary N) is 1. The number of methoxy groups -OCH3 is 1. The van der Waals surface area contributed by atoms with E-state index in [-0.39, 0.29) is 6.04 Å². The van der Waals surface area contributed by atoms with Crippen LogP contribution in [-0.2, 0) is 0 Å². The maximum atomic E-state index is 6.33. The van der Waals surface area contributed by atoms with Crippen LogP contribution in [0.5, 0.6) is 5.75 Å². The van der Waals surface area contributed by atoms with Crippen LogP contribution in [-0.4, -0.2) is 31.6 Å².